The third kappa shape index (κ3) is 5.91. The van der Waals surface area contributed by atoms with E-state index in [1.165, 1.54) is 11.3 Å². The molecule has 0 aliphatic rings. The first kappa shape index (κ1) is 26.3. The van der Waals surface area contributed by atoms with Crippen LogP contribution in [0.25, 0.3) is 21.7 Å². The molecule has 9 nitrogen and oxygen atoms in total. The van der Waals surface area contributed by atoms with Gasteiger partial charge in [-0.25, -0.2) is 9.97 Å². The standard InChI is InChI=1S/C29H30N6O3S/c1-18(2)15-27(36)34(4)21-8-9-23-22(16-21)32-29(35(23)14-12-20-7-5-6-13-30-20)33-28(37)26-11-10-25(39-26)24-17-31-19(3)38-24/h5-11,13,16-18H,12,14-15H2,1-4H3,(H,32,33,37). The molecule has 1 aromatic carbocycles. The Morgan fingerprint density at radius 2 is 1.97 bits per heavy atom. The number of rotatable bonds is 9. The van der Waals surface area contributed by atoms with Gasteiger partial charge >= 0.3 is 0 Å². The summed E-state index contributed by atoms with van der Waals surface area (Å²) < 4.78 is 7.58. The molecule has 5 aromatic rings. The minimum Gasteiger partial charge on any atom is -0.440 e. The van der Waals surface area contributed by atoms with E-state index in [-0.39, 0.29) is 17.7 Å². The first-order chi connectivity index (χ1) is 18.8. The predicted octanol–water partition coefficient (Wildman–Crippen LogP) is 5.96. The fourth-order valence-corrected chi connectivity index (χ4v) is 5.13. The van der Waals surface area contributed by atoms with Crippen molar-refractivity contribution >= 4 is 45.8 Å². The van der Waals surface area contributed by atoms with Gasteiger partial charge in [0.05, 0.1) is 27.0 Å². The number of imidazole rings is 1. The minimum absolute atomic E-state index is 0.0444. The van der Waals surface area contributed by atoms with Crippen LogP contribution in [0.4, 0.5) is 11.6 Å². The van der Waals surface area contributed by atoms with Crippen LogP contribution < -0.4 is 10.2 Å². The van der Waals surface area contributed by atoms with Gasteiger partial charge < -0.3 is 13.9 Å². The molecule has 0 atom stereocenters. The van der Waals surface area contributed by atoms with Gasteiger partial charge in [0.1, 0.15) is 0 Å². The zero-order chi connectivity index (χ0) is 27.5. The molecule has 2 amide bonds. The van der Waals surface area contributed by atoms with Gasteiger partial charge in [0.15, 0.2) is 11.7 Å². The number of nitrogens with one attached hydrogen (secondary N) is 1. The molecule has 200 valence electrons. The van der Waals surface area contributed by atoms with Crippen molar-refractivity contribution in [3.8, 4) is 10.6 Å². The normalized spacial score (nSPS) is 11.3. The van der Waals surface area contributed by atoms with Crippen molar-refractivity contribution < 1.29 is 14.0 Å². The molecule has 0 saturated carbocycles. The second-order valence-electron chi connectivity index (χ2n) is 9.74. The number of hydrogen-bond donors (Lipinski definition) is 1. The number of benzene rings is 1. The lowest BCUT2D eigenvalue weighted by Crippen LogP contribution is -2.27. The molecule has 1 N–H and O–H groups in total. The van der Waals surface area contributed by atoms with E-state index in [4.69, 9.17) is 9.40 Å². The van der Waals surface area contributed by atoms with Crippen LogP contribution in [0.3, 0.4) is 0 Å². The SMILES string of the molecule is Cc1ncc(-c2ccc(C(=O)Nc3nc4cc(N(C)C(=O)CC(C)C)ccc4n3CCc3ccccn3)s2)o1. The monoisotopic (exact) mass is 542 g/mol. The summed E-state index contributed by atoms with van der Waals surface area (Å²) >= 11 is 1.33. The van der Waals surface area contributed by atoms with Crippen LogP contribution in [0.5, 0.6) is 0 Å². The third-order valence-corrected chi connectivity index (χ3v) is 7.41. The Bertz CT molecular complexity index is 1620. The summed E-state index contributed by atoms with van der Waals surface area (Å²) in [5.74, 6) is 1.68. The zero-order valence-corrected chi connectivity index (χ0v) is 23.2. The van der Waals surface area contributed by atoms with E-state index >= 15 is 0 Å². The van der Waals surface area contributed by atoms with E-state index in [1.807, 2.05) is 60.9 Å². The Kier molecular flexibility index (Phi) is 7.56. The van der Waals surface area contributed by atoms with Crippen LogP contribution in [0, 0.1) is 12.8 Å². The molecule has 5 rings (SSSR count). The predicted molar refractivity (Wildman–Crippen MR) is 153 cm³/mol. The molecule has 0 spiro atoms. The van der Waals surface area contributed by atoms with Crippen LogP contribution in [0.1, 0.15) is 41.5 Å². The van der Waals surface area contributed by atoms with E-state index in [1.54, 1.807) is 37.3 Å². The molecule has 4 aromatic heterocycles. The average molecular weight is 543 g/mol. The fourth-order valence-electron chi connectivity index (χ4n) is 4.28. The minimum atomic E-state index is -0.263. The highest BCUT2D eigenvalue weighted by atomic mass is 32.1. The summed E-state index contributed by atoms with van der Waals surface area (Å²) in [6.07, 6.45) is 4.55. The lowest BCUT2D eigenvalue weighted by Gasteiger charge is -2.18. The van der Waals surface area contributed by atoms with Gasteiger partial charge in [-0.15, -0.1) is 11.3 Å². The largest absolute Gasteiger partial charge is 0.440 e. The summed E-state index contributed by atoms with van der Waals surface area (Å²) in [4.78, 5) is 42.3. The average Bonchev–Trinajstić information content (AvgIpc) is 3.65. The van der Waals surface area contributed by atoms with Gasteiger partial charge in [-0.2, -0.15) is 0 Å². The second kappa shape index (κ2) is 11.2. The number of carbonyl (C=O) groups excluding carboxylic acids is 2. The molecule has 0 fully saturated rings. The smallest absolute Gasteiger partial charge is 0.268 e. The molecular weight excluding hydrogens is 512 g/mol. The summed E-state index contributed by atoms with van der Waals surface area (Å²) in [5, 5.41) is 3.00. The van der Waals surface area contributed by atoms with Crippen molar-refractivity contribution in [2.75, 3.05) is 17.3 Å². The highest BCUT2D eigenvalue weighted by Gasteiger charge is 2.19. The molecule has 0 saturated heterocycles. The lowest BCUT2D eigenvalue weighted by molar-refractivity contribution is -0.119. The van der Waals surface area contributed by atoms with Crippen LogP contribution >= 0.6 is 11.3 Å². The third-order valence-electron chi connectivity index (χ3n) is 6.31. The summed E-state index contributed by atoms with van der Waals surface area (Å²) in [6, 6.07) is 15.2. The molecule has 0 unspecified atom stereocenters. The van der Waals surface area contributed by atoms with Crippen molar-refractivity contribution in [2.24, 2.45) is 5.92 Å². The number of nitrogens with zero attached hydrogens (tertiary/aromatic N) is 5. The number of anilines is 2. The van der Waals surface area contributed by atoms with Crippen molar-refractivity contribution in [3.05, 3.63) is 77.4 Å². The fraction of sp³-hybridized carbons (Fsp3) is 0.276. The molecule has 0 bridgehead atoms. The highest BCUT2D eigenvalue weighted by Crippen LogP contribution is 2.30. The van der Waals surface area contributed by atoms with Crippen molar-refractivity contribution in [3.63, 3.8) is 0 Å². The summed E-state index contributed by atoms with van der Waals surface area (Å²) in [5.41, 5.74) is 3.25. The first-order valence-corrected chi connectivity index (χ1v) is 13.6. The first-order valence-electron chi connectivity index (χ1n) is 12.8. The number of pyridine rings is 1. The van der Waals surface area contributed by atoms with Gasteiger partial charge in [-0.05, 0) is 48.4 Å². The van der Waals surface area contributed by atoms with E-state index in [0.29, 0.717) is 47.4 Å². The van der Waals surface area contributed by atoms with Crippen molar-refractivity contribution in [1.82, 2.24) is 19.5 Å². The Morgan fingerprint density at radius 3 is 2.69 bits per heavy atom. The number of amides is 2. The number of oxazole rings is 1. The second-order valence-corrected chi connectivity index (χ2v) is 10.8. The molecule has 4 heterocycles. The van der Waals surface area contributed by atoms with E-state index in [0.717, 1.165) is 21.8 Å². The summed E-state index contributed by atoms with van der Waals surface area (Å²) in [6.45, 7) is 6.40. The van der Waals surface area contributed by atoms with E-state index in [9.17, 15) is 9.59 Å². The van der Waals surface area contributed by atoms with E-state index < -0.39 is 0 Å². The maximum atomic E-state index is 13.3. The van der Waals surface area contributed by atoms with Crippen LogP contribution in [-0.4, -0.2) is 38.4 Å². The van der Waals surface area contributed by atoms with Crippen molar-refractivity contribution in [1.29, 1.82) is 0 Å². The summed E-state index contributed by atoms with van der Waals surface area (Å²) in [7, 11) is 1.77. The van der Waals surface area contributed by atoms with Gasteiger partial charge in [0.2, 0.25) is 11.9 Å². The topological polar surface area (TPSA) is 106 Å². The Balaban J connectivity index is 1.44. The molecule has 0 radical (unpaired) electrons. The molecule has 0 aliphatic carbocycles. The van der Waals surface area contributed by atoms with Gasteiger partial charge in [-0.1, -0.05) is 19.9 Å². The number of aromatic nitrogens is 4. The van der Waals surface area contributed by atoms with E-state index in [2.05, 4.69) is 15.3 Å². The van der Waals surface area contributed by atoms with Gasteiger partial charge in [-0.3, -0.25) is 19.9 Å². The van der Waals surface area contributed by atoms with Crippen LogP contribution in [0.15, 0.2) is 65.3 Å². The highest BCUT2D eigenvalue weighted by molar-refractivity contribution is 7.17. The maximum absolute atomic E-state index is 13.3. The van der Waals surface area contributed by atoms with Crippen LogP contribution in [0.2, 0.25) is 0 Å². The number of carbonyl (C=O) groups is 2. The number of thiophene rings is 1. The Morgan fingerprint density at radius 1 is 1.13 bits per heavy atom. The van der Waals surface area contributed by atoms with Crippen LogP contribution in [-0.2, 0) is 17.8 Å². The van der Waals surface area contributed by atoms with Crippen molar-refractivity contribution in [2.45, 2.75) is 40.2 Å². The molecular formula is C29H30N6O3S. The van der Waals surface area contributed by atoms with Gasteiger partial charge in [0.25, 0.3) is 5.91 Å². The lowest BCUT2D eigenvalue weighted by atomic mass is 10.1. The van der Waals surface area contributed by atoms with Gasteiger partial charge in [0, 0.05) is 50.9 Å². The Labute approximate surface area is 230 Å². The number of fused-ring (bicyclic) bond motifs is 1. The molecule has 39 heavy (non-hydrogen) atoms. The Hall–Kier alpha value is -4.31. The number of aryl methyl sites for hydroxylation is 3. The maximum Gasteiger partial charge on any atom is 0.268 e. The number of hydrogen-bond acceptors (Lipinski definition) is 7. The molecule has 10 heteroatoms. The zero-order valence-electron chi connectivity index (χ0n) is 22.3. The quantitative estimate of drug-likeness (QED) is 0.246. The molecule has 0 aliphatic heterocycles.